The molecule has 2 aliphatic heterocycles. The Labute approximate surface area is 121 Å². The lowest BCUT2D eigenvalue weighted by atomic mass is 10.1. The maximum atomic E-state index is 13.7. The minimum atomic E-state index is -0.242. The molecule has 1 aromatic carbocycles. The molecule has 0 bridgehead atoms. The van der Waals surface area contributed by atoms with E-state index in [1.54, 1.807) is 23.9 Å². The van der Waals surface area contributed by atoms with Crippen molar-refractivity contribution in [3.63, 3.8) is 0 Å². The minimum Gasteiger partial charge on any atom is -0.376 e. The first kappa shape index (κ1) is 13.6. The fourth-order valence-electron chi connectivity index (χ4n) is 2.20. The molecule has 2 heterocycles. The van der Waals surface area contributed by atoms with Crippen molar-refractivity contribution in [1.29, 1.82) is 0 Å². The molecular formula is C14H16FN3OS. The second-order valence-electron chi connectivity index (χ2n) is 4.72. The van der Waals surface area contributed by atoms with Gasteiger partial charge in [-0.05, 0) is 18.9 Å². The lowest BCUT2D eigenvalue weighted by Crippen LogP contribution is -2.27. The van der Waals surface area contributed by atoms with Crippen LogP contribution in [-0.4, -0.2) is 35.9 Å². The van der Waals surface area contributed by atoms with Crippen molar-refractivity contribution >= 4 is 22.6 Å². The zero-order chi connectivity index (χ0) is 13.8. The number of nitrogens with one attached hydrogen (secondary N) is 1. The maximum Gasteiger partial charge on any atom is 0.177 e. The summed E-state index contributed by atoms with van der Waals surface area (Å²) < 4.78 is 19.2. The zero-order valence-corrected chi connectivity index (χ0v) is 11.8. The standard InChI is InChI=1S/C14H16FN3OS/c15-12-6-2-1-5-11(12)13-9-20-14(18-17-13)16-8-10-4-3-7-19-10/h1-2,5-6,10H,3-4,7-9H2,(H,16,18)/t10-/m1/s1. The van der Waals surface area contributed by atoms with Crippen LogP contribution in [0.5, 0.6) is 0 Å². The minimum absolute atomic E-state index is 0.238. The summed E-state index contributed by atoms with van der Waals surface area (Å²) in [7, 11) is 0. The molecule has 1 fully saturated rings. The van der Waals surface area contributed by atoms with Gasteiger partial charge in [0.15, 0.2) is 5.17 Å². The first-order valence-electron chi connectivity index (χ1n) is 6.69. The first-order chi connectivity index (χ1) is 9.83. The normalized spacial score (nSPS) is 24.6. The van der Waals surface area contributed by atoms with Crippen molar-refractivity contribution in [2.75, 3.05) is 18.9 Å². The number of amidine groups is 1. The van der Waals surface area contributed by atoms with Crippen LogP contribution in [-0.2, 0) is 4.74 Å². The molecule has 2 aliphatic rings. The zero-order valence-electron chi connectivity index (χ0n) is 11.0. The summed E-state index contributed by atoms with van der Waals surface area (Å²) in [5.41, 5.74) is 4.16. The van der Waals surface area contributed by atoms with Crippen molar-refractivity contribution in [3.8, 4) is 0 Å². The van der Waals surface area contributed by atoms with Crippen molar-refractivity contribution < 1.29 is 9.13 Å². The van der Waals surface area contributed by atoms with E-state index in [0.29, 0.717) is 23.6 Å². The van der Waals surface area contributed by atoms with Gasteiger partial charge in [-0.1, -0.05) is 30.0 Å². The fraction of sp³-hybridized carbons (Fsp3) is 0.429. The summed E-state index contributed by atoms with van der Waals surface area (Å²) in [6.45, 7) is 1.51. The number of nitrogens with zero attached hydrogens (tertiary/aromatic N) is 2. The van der Waals surface area contributed by atoms with Crippen LogP contribution in [0.4, 0.5) is 4.39 Å². The van der Waals surface area contributed by atoms with Crippen LogP contribution in [0.3, 0.4) is 0 Å². The van der Waals surface area contributed by atoms with Gasteiger partial charge in [-0.25, -0.2) is 4.39 Å². The van der Waals surface area contributed by atoms with Crippen LogP contribution in [0.1, 0.15) is 18.4 Å². The summed E-state index contributed by atoms with van der Waals surface area (Å²) in [4.78, 5) is 4.46. The maximum absolute atomic E-state index is 13.7. The largest absolute Gasteiger partial charge is 0.376 e. The number of hydrogen-bond acceptors (Lipinski definition) is 4. The first-order valence-corrected chi connectivity index (χ1v) is 7.68. The number of halogens is 1. The molecule has 6 heteroatoms. The van der Waals surface area contributed by atoms with Crippen LogP contribution in [0.15, 0.2) is 34.4 Å². The van der Waals surface area contributed by atoms with Gasteiger partial charge in [0.2, 0.25) is 0 Å². The molecular weight excluding hydrogens is 277 g/mol. The number of rotatable bonds is 3. The molecule has 0 amide bonds. The Balaban J connectivity index is 1.62. The number of benzene rings is 1. The highest BCUT2D eigenvalue weighted by Gasteiger charge is 2.18. The molecule has 0 aliphatic carbocycles. The van der Waals surface area contributed by atoms with E-state index in [2.05, 4.69) is 15.5 Å². The van der Waals surface area contributed by atoms with E-state index in [9.17, 15) is 4.39 Å². The molecule has 0 unspecified atom stereocenters. The highest BCUT2D eigenvalue weighted by atomic mass is 32.2. The van der Waals surface area contributed by atoms with E-state index < -0.39 is 0 Å². The molecule has 0 radical (unpaired) electrons. The Morgan fingerprint density at radius 3 is 3.05 bits per heavy atom. The third kappa shape index (κ3) is 3.19. The predicted octanol–water partition coefficient (Wildman–Crippen LogP) is 2.40. The number of thioether (sulfide) groups is 1. The Morgan fingerprint density at radius 2 is 2.35 bits per heavy atom. The molecule has 106 valence electrons. The summed E-state index contributed by atoms with van der Waals surface area (Å²) in [6.07, 6.45) is 2.43. The van der Waals surface area contributed by atoms with Gasteiger partial charge in [0.05, 0.1) is 18.4 Å². The molecule has 0 saturated carbocycles. The summed E-state index contributed by atoms with van der Waals surface area (Å²) in [5.74, 6) is 0.381. The van der Waals surface area contributed by atoms with Gasteiger partial charge in [0, 0.05) is 17.9 Å². The van der Waals surface area contributed by atoms with Crippen molar-refractivity contribution in [2.24, 2.45) is 10.1 Å². The van der Waals surface area contributed by atoms with E-state index in [1.807, 2.05) is 6.07 Å². The highest BCUT2D eigenvalue weighted by molar-refractivity contribution is 8.14. The molecule has 20 heavy (non-hydrogen) atoms. The molecule has 0 spiro atoms. The number of aliphatic imine (C=N–C) groups is 1. The number of hydrogen-bond donors (Lipinski definition) is 1. The van der Waals surface area contributed by atoms with Gasteiger partial charge in [0.25, 0.3) is 0 Å². The van der Waals surface area contributed by atoms with Gasteiger partial charge < -0.3 is 4.74 Å². The Hall–Kier alpha value is -1.40. The van der Waals surface area contributed by atoms with E-state index in [1.165, 1.54) is 6.07 Å². The van der Waals surface area contributed by atoms with E-state index in [-0.39, 0.29) is 11.9 Å². The van der Waals surface area contributed by atoms with Gasteiger partial charge >= 0.3 is 0 Å². The third-order valence-electron chi connectivity index (χ3n) is 3.28. The fourth-order valence-corrected chi connectivity index (χ4v) is 2.97. The average molecular weight is 293 g/mol. The molecule has 0 aromatic heterocycles. The summed E-state index contributed by atoms with van der Waals surface area (Å²) in [5, 5.41) is 5.00. The van der Waals surface area contributed by atoms with Crippen LogP contribution in [0.25, 0.3) is 0 Å². The van der Waals surface area contributed by atoms with Crippen molar-refractivity contribution in [3.05, 3.63) is 35.6 Å². The number of hydrazone groups is 1. The lowest BCUT2D eigenvalue weighted by molar-refractivity contribution is 0.118. The van der Waals surface area contributed by atoms with E-state index in [0.717, 1.165) is 24.6 Å². The average Bonchev–Trinajstić information content (AvgIpc) is 3.00. The summed E-state index contributed by atoms with van der Waals surface area (Å²) in [6, 6.07) is 6.68. The van der Waals surface area contributed by atoms with Crippen molar-refractivity contribution in [1.82, 2.24) is 5.43 Å². The van der Waals surface area contributed by atoms with Crippen molar-refractivity contribution in [2.45, 2.75) is 18.9 Å². The Kier molecular flexibility index (Phi) is 4.32. The Bertz CT molecular complexity index is 541. The molecule has 1 N–H and O–H groups in total. The predicted molar refractivity (Wildman–Crippen MR) is 79.8 cm³/mol. The molecule has 4 nitrogen and oxygen atoms in total. The second kappa shape index (κ2) is 6.37. The molecule has 3 rings (SSSR count). The molecule has 1 atom stereocenters. The van der Waals surface area contributed by atoms with Gasteiger partial charge in [-0.15, -0.1) is 0 Å². The topological polar surface area (TPSA) is 46.0 Å². The smallest absolute Gasteiger partial charge is 0.177 e. The number of ether oxygens (including phenoxy) is 1. The SMILES string of the molecule is Fc1ccccc1C1=NNC(=NC[C@H]2CCCO2)SC1. The van der Waals surface area contributed by atoms with E-state index >= 15 is 0 Å². The van der Waals surface area contributed by atoms with Crippen LogP contribution in [0.2, 0.25) is 0 Å². The Morgan fingerprint density at radius 1 is 1.45 bits per heavy atom. The van der Waals surface area contributed by atoms with E-state index in [4.69, 9.17) is 4.74 Å². The summed E-state index contributed by atoms with van der Waals surface area (Å²) >= 11 is 1.54. The quantitative estimate of drug-likeness (QED) is 0.931. The van der Waals surface area contributed by atoms with Gasteiger partial charge in [-0.2, -0.15) is 5.10 Å². The van der Waals surface area contributed by atoms with Gasteiger partial charge in [-0.3, -0.25) is 10.4 Å². The monoisotopic (exact) mass is 293 g/mol. The second-order valence-corrected chi connectivity index (χ2v) is 5.68. The van der Waals surface area contributed by atoms with Gasteiger partial charge in [0.1, 0.15) is 5.82 Å². The highest BCUT2D eigenvalue weighted by Crippen LogP contribution is 2.17. The molecule has 1 aromatic rings. The van der Waals surface area contributed by atoms with Crippen LogP contribution >= 0.6 is 11.8 Å². The van der Waals surface area contributed by atoms with Crippen LogP contribution < -0.4 is 5.43 Å². The van der Waals surface area contributed by atoms with Crippen LogP contribution in [0, 0.1) is 5.82 Å². The third-order valence-corrected chi connectivity index (χ3v) is 4.19. The lowest BCUT2D eigenvalue weighted by Gasteiger charge is -2.16. The molecule has 1 saturated heterocycles.